The first-order chi connectivity index (χ1) is 15.4. The SMILES string of the molecule is COc1ccc(NC(=O)c2ccc(NC(=O)CNc3ccc(F)c([N+](=O)[O-])c3)cc2)cc1. The van der Waals surface area contributed by atoms with E-state index in [2.05, 4.69) is 16.0 Å². The van der Waals surface area contributed by atoms with Crippen LogP contribution < -0.4 is 20.7 Å². The molecule has 0 saturated carbocycles. The van der Waals surface area contributed by atoms with Gasteiger partial charge in [-0.2, -0.15) is 4.39 Å². The van der Waals surface area contributed by atoms with Gasteiger partial charge in [-0.05, 0) is 60.7 Å². The van der Waals surface area contributed by atoms with Gasteiger partial charge >= 0.3 is 5.69 Å². The van der Waals surface area contributed by atoms with Crippen molar-refractivity contribution in [2.75, 3.05) is 29.6 Å². The third-order valence-electron chi connectivity index (χ3n) is 4.37. The lowest BCUT2D eigenvalue weighted by Crippen LogP contribution is -2.22. The predicted molar refractivity (Wildman–Crippen MR) is 118 cm³/mol. The topological polar surface area (TPSA) is 123 Å². The number of nitro groups is 1. The largest absolute Gasteiger partial charge is 0.497 e. The summed E-state index contributed by atoms with van der Waals surface area (Å²) in [7, 11) is 1.55. The second kappa shape index (κ2) is 10.0. The molecule has 0 unspecified atom stereocenters. The van der Waals surface area contributed by atoms with Crippen LogP contribution in [0, 0.1) is 15.9 Å². The summed E-state index contributed by atoms with van der Waals surface area (Å²) in [5.41, 5.74) is 1.02. The van der Waals surface area contributed by atoms with Crippen LogP contribution in [0.1, 0.15) is 10.4 Å². The van der Waals surface area contributed by atoms with Crippen molar-refractivity contribution < 1.29 is 23.6 Å². The average Bonchev–Trinajstić information content (AvgIpc) is 2.79. The maximum absolute atomic E-state index is 13.4. The lowest BCUT2D eigenvalue weighted by Gasteiger charge is -2.09. The number of anilines is 3. The molecular formula is C22H19FN4O5. The molecule has 0 saturated heterocycles. The first-order valence-electron chi connectivity index (χ1n) is 9.39. The fourth-order valence-corrected chi connectivity index (χ4v) is 2.73. The Labute approximate surface area is 182 Å². The highest BCUT2D eigenvalue weighted by Gasteiger charge is 2.14. The molecule has 0 aliphatic carbocycles. The van der Waals surface area contributed by atoms with Gasteiger partial charge in [0.25, 0.3) is 5.91 Å². The van der Waals surface area contributed by atoms with Crippen molar-refractivity contribution in [2.45, 2.75) is 0 Å². The van der Waals surface area contributed by atoms with Crippen LogP contribution in [0.5, 0.6) is 5.75 Å². The number of ether oxygens (including phenoxy) is 1. The highest BCUT2D eigenvalue weighted by Crippen LogP contribution is 2.21. The summed E-state index contributed by atoms with van der Waals surface area (Å²) in [6.07, 6.45) is 0. The first kappa shape index (κ1) is 22.2. The number of rotatable bonds is 8. The Morgan fingerprint density at radius 3 is 2.16 bits per heavy atom. The van der Waals surface area contributed by atoms with Crippen molar-refractivity contribution in [2.24, 2.45) is 0 Å². The summed E-state index contributed by atoms with van der Waals surface area (Å²) >= 11 is 0. The Balaban J connectivity index is 1.53. The number of carbonyl (C=O) groups is 2. The zero-order chi connectivity index (χ0) is 23.1. The fraction of sp³-hybridized carbons (Fsp3) is 0.0909. The second-order valence-corrected chi connectivity index (χ2v) is 6.59. The number of hydrogen-bond donors (Lipinski definition) is 3. The van der Waals surface area contributed by atoms with E-state index in [1.54, 1.807) is 55.6 Å². The Morgan fingerprint density at radius 1 is 0.938 bits per heavy atom. The molecule has 0 fully saturated rings. The van der Waals surface area contributed by atoms with E-state index in [1.165, 1.54) is 6.07 Å². The molecule has 0 spiro atoms. The normalized spacial score (nSPS) is 10.2. The highest BCUT2D eigenvalue weighted by molar-refractivity contribution is 6.04. The highest BCUT2D eigenvalue weighted by atomic mass is 19.1. The van der Waals surface area contributed by atoms with Gasteiger partial charge in [0.05, 0.1) is 18.6 Å². The molecule has 164 valence electrons. The van der Waals surface area contributed by atoms with E-state index in [0.29, 0.717) is 22.7 Å². The molecule has 32 heavy (non-hydrogen) atoms. The van der Waals surface area contributed by atoms with Crippen LogP contribution in [0.25, 0.3) is 0 Å². The van der Waals surface area contributed by atoms with Crippen molar-refractivity contribution in [1.82, 2.24) is 0 Å². The lowest BCUT2D eigenvalue weighted by molar-refractivity contribution is -0.387. The molecule has 0 aliphatic rings. The van der Waals surface area contributed by atoms with Crippen LogP contribution in [0.4, 0.5) is 27.1 Å². The van der Waals surface area contributed by atoms with Crippen LogP contribution in [0.15, 0.2) is 66.7 Å². The van der Waals surface area contributed by atoms with Gasteiger partial charge in [-0.1, -0.05) is 0 Å². The summed E-state index contributed by atoms with van der Waals surface area (Å²) in [4.78, 5) is 34.4. The molecule has 0 heterocycles. The molecule has 2 amide bonds. The Kier molecular flexibility index (Phi) is 6.96. The van der Waals surface area contributed by atoms with Crippen LogP contribution in [0.3, 0.4) is 0 Å². The van der Waals surface area contributed by atoms with Gasteiger partial charge in [-0.15, -0.1) is 0 Å². The number of nitrogens with one attached hydrogen (secondary N) is 3. The van der Waals surface area contributed by atoms with Crippen LogP contribution in [-0.2, 0) is 4.79 Å². The summed E-state index contributed by atoms with van der Waals surface area (Å²) < 4.78 is 18.4. The zero-order valence-corrected chi connectivity index (χ0v) is 16.9. The second-order valence-electron chi connectivity index (χ2n) is 6.59. The maximum Gasteiger partial charge on any atom is 0.306 e. The molecule has 0 aliphatic heterocycles. The van der Waals surface area contributed by atoms with E-state index in [1.807, 2.05) is 0 Å². The van der Waals surface area contributed by atoms with Gasteiger partial charge in [0, 0.05) is 28.7 Å². The monoisotopic (exact) mass is 438 g/mol. The molecule has 3 aromatic carbocycles. The molecule has 0 radical (unpaired) electrons. The van der Waals surface area contributed by atoms with Gasteiger partial charge in [0.2, 0.25) is 11.7 Å². The molecule has 3 N–H and O–H groups in total. The third-order valence-corrected chi connectivity index (χ3v) is 4.37. The number of carbonyl (C=O) groups excluding carboxylic acids is 2. The van der Waals surface area contributed by atoms with E-state index in [9.17, 15) is 24.1 Å². The Morgan fingerprint density at radius 2 is 1.53 bits per heavy atom. The maximum atomic E-state index is 13.4. The lowest BCUT2D eigenvalue weighted by atomic mass is 10.2. The van der Waals surface area contributed by atoms with Crippen LogP contribution >= 0.6 is 0 Å². The number of amides is 2. The van der Waals surface area contributed by atoms with Crippen molar-refractivity contribution in [3.63, 3.8) is 0 Å². The van der Waals surface area contributed by atoms with Crippen molar-refractivity contribution >= 4 is 34.6 Å². The van der Waals surface area contributed by atoms with Crippen molar-refractivity contribution in [1.29, 1.82) is 0 Å². The number of halogens is 1. The third kappa shape index (κ3) is 5.79. The van der Waals surface area contributed by atoms with Gasteiger partial charge < -0.3 is 20.7 Å². The Hall–Kier alpha value is -4.47. The van der Waals surface area contributed by atoms with Gasteiger partial charge in [0.15, 0.2) is 0 Å². The van der Waals surface area contributed by atoms with E-state index >= 15 is 0 Å². The smallest absolute Gasteiger partial charge is 0.306 e. The zero-order valence-electron chi connectivity index (χ0n) is 16.9. The molecule has 3 rings (SSSR count). The minimum atomic E-state index is -0.957. The Bertz CT molecular complexity index is 1130. The van der Waals surface area contributed by atoms with Crippen LogP contribution in [-0.4, -0.2) is 30.4 Å². The summed E-state index contributed by atoms with van der Waals surface area (Å²) in [5.74, 6) is -1.02. The van der Waals surface area contributed by atoms with Gasteiger partial charge in [0.1, 0.15) is 5.75 Å². The quantitative estimate of drug-likeness (QED) is 0.360. The fourth-order valence-electron chi connectivity index (χ4n) is 2.73. The molecule has 0 bridgehead atoms. The first-order valence-corrected chi connectivity index (χ1v) is 9.39. The minimum absolute atomic E-state index is 0.192. The van der Waals surface area contributed by atoms with E-state index < -0.39 is 22.3 Å². The molecule has 0 aromatic heterocycles. The molecule has 0 atom stereocenters. The summed E-state index contributed by atoms with van der Waals surface area (Å²) in [5, 5.41) is 18.9. The van der Waals surface area contributed by atoms with E-state index in [-0.39, 0.29) is 18.1 Å². The summed E-state index contributed by atoms with van der Waals surface area (Å²) in [6, 6.07) is 16.4. The molecule has 10 heteroatoms. The molecular weight excluding hydrogens is 419 g/mol. The standard InChI is InChI=1S/C22H19FN4O5/c1-32-18-9-6-16(7-10-18)26-22(29)14-2-4-15(5-3-14)25-21(28)13-24-17-8-11-19(23)20(12-17)27(30)31/h2-12,24H,13H2,1H3,(H,25,28)(H,26,29). The van der Waals surface area contributed by atoms with Crippen molar-refractivity contribution in [3.8, 4) is 5.75 Å². The van der Waals surface area contributed by atoms with E-state index in [4.69, 9.17) is 4.74 Å². The summed E-state index contributed by atoms with van der Waals surface area (Å²) in [6.45, 7) is -0.192. The average molecular weight is 438 g/mol. The number of benzene rings is 3. The predicted octanol–water partition coefficient (Wildman–Crippen LogP) is 4.05. The van der Waals surface area contributed by atoms with Gasteiger partial charge in [-0.25, -0.2) is 0 Å². The molecule has 3 aromatic rings. The minimum Gasteiger partial charge on any atom is -0.497 e. The number of methoxy groups -OCH3 is 1. The van der Waals surface area contributed by atoms with Crippen molar-refractivity contribution in [3.05, 3.63) is 88.2 Å². The number of hydrogen-bond acceptors (Lipinski definition) is 6. The van der Waals surface area contributed by atoms with Crippen LogP contribution in [0.2, 0.25) is 0 Å². The molecule has 9 nitrogen and oxygen atoms in total. The number of nitro benzene ring substituents is 1. The van der Waals surface area contributed by atoms with Gasteiger partial charge in [-0.3, -0.25) is 19.7 Å². The van der Waals surface area contributed by atoms with E-state index in [0.717, 1.165) is 12.1 Å². The number of nitrogens with zero attached hydrogens (tertiary/aromatic N) is 1.